The first-order valence-electron chi connectivity index (χ1n) is 17.6. The summed E-state index contributed by atoms with van der Waals surface area (Å²) >= 11 is 1.37. The molecule has 0 radical (unpaired) electrons. The quantitative estimate of drug-likeness (QED) is 0.0631. The highest BCUT2D eigenvalue weighted by molar-refractivity contribution is 7.09. The third-order valence-electron chi connectivity index (χ3n) is 7.96. The highest BCUT2D eigenvalue weighted by atomic mass is 32.1. The number of aromatic nitrogens is 1. The fourth-order valence-electron chi connectivity index (χ4n) is 4.82. The van der Waals surface area contributed by atoms with Gasteiger partial charge in [-0.1, -0.05) is 57.5 Å². The Kier molecular flexibility index (Phi) is 20.5. The van der Waals surface area contributed by atoms with E-state index in [1.54, 1.807) is 12.3 Å². The lowest BCUT2D eigenvalue weighted by Crippen LogP contribution is -2.46. The largest absolute Gasteiger partial charge is 0.446 e. The number of carbonyl (C=O) groups excluding carboxylic acids is 4. The summed E-state index contributed by atoms with van der Waals surface area (Å²) in [6.07, 6.45) is 7.79. The Morgan fingerprint density at radius 1 is 1.02 bits per heavy atom. The molecule has 0 aliphatic rings. The summed E-state index contributed by atoms with van der Waals surface area (Å²) in [7, 11) is 0. The van der Waals surface area contributed by atoms with Crippen LogP contribution in [-0.4, -0.2) is 73.9 Å². The maximum Gasteiger partial charge on any atom is 0.426 e. The van der Waals surface area contributed by atoms with E-state index < -0.39 is 24.0 Å². The fraction of sp³-hybridized carbons (Fsp3) is 0.595. The third-order valence-corrected chi connectivity index (χ3v) is 8.90. The molecule has 3 unspecified atom stereocenters. The zero-order valence-corrected chi connectivity index (χ0v) is 31.4. The Hall–Kier alpha value is -4.03. The van der Waals surface area contributed by atoms with Gasteiger partial charge in [0.25, 0.3) is 5.91 Å². The minimum atomic E-state index is -0.847. The Morgan fingerprint density at radius 3 is 2.45 bits per heavy atom. The lowest BCUT2D eigenvalue weighted by Gasteiger charge is -2.22. The lowest BCUT2D eigenvalue weighted by molar-refractivity contribution is -0.125. The summed E-state index contributed by atoms with van der Waals surface area (Å²) in [5.41, 5.74) is 13.4. The summed E-state index contributed by atoms with van der Waals surface area (Å²) in [6.45, 7) is 11.1. The predicted octanol–water partition coefficient (Wildman–Crippen LogP) is 4.35. The van der Waals surface area contributed by atoms with Crippen LogP contribution in [0.2, 0.25) is 0 Å². The topological polar surface area (TPSA) is 183 Å². The number of hydrazine groups is 1. The van der Waals surface area contributed by atoms with Gasteiger partial charge in [-0.05, 0) is 50.5 Å². The molecule has 282 valence electrons. The number of rotatable bonds is 23. The molecule has 14 heteroatoms. The molecule has 4 amide bonds. The van der Waals surface area contributed by atoms with Gasteiger partial charge in [0.15, 0.2) is 0 Å². The predicted molar refractivity (Wildman–Crippen MR) is 198 cm³/mol. The van der Waals surface area contributed by atoms with Gasteiger partial charge >= 0.3 is 6.09 Å². The van der Waals surface area contributed by atoms with E-state index in [0.717, 1.165) is 17.5 Å². The van der Waals surface area contributed by atoms with Crippen LogP contribution in [0.15, 0.2) is 29.6 Å². The summed E-state index contributed by atoms with van der Waals surface area (Å²) in [5.74, 6) is 1.28. The Labute approximate surface area is 306 Å². The molecule has 0 bridgehead atoms. The van der Waals surface area contributed by atoms with Gasteiger partial charge in [0, 0.05) is 49.4 Å². The molecule has 4 atom stereocenters. The highest BCUT2D eigenvalue weighted by Gasteiger charge is 2.26. The second-order valence-electron chi connectivity index (χ2n) is 12.8. The molecule has 0 fully saturated rings. The van der Waals surface area contributed by atoms with Crippen LogP contribution in [0.1, 0.15) is 98.9 Å². The minimum Gasteiger partial charge on any atom is -0.446 e. The number of nitrogens with zero attached hydrogens (tertiary/aromatic N) is 1. The SMILES string of the molecule is C#CCCCC(=O)NCCOCCOC(=O)NNC(=O)[C@@H](C)CC(Cc1ccc(C)cc1)NC(=O)c1csc(C(CC(N)C(C)C)OCCC)n1. The number of hydrogen-bond donors (Lipinski definition) is 5. The van der Waals surface area contributed by atoms with Gasteiger partial charge in [-0.15, -0.1) is 23.7 Å². The van der Waals surface area contributed by atoms with Crippen molar-refractivity contribution >= 4 is 35.2 Å². The number of thiazole rings is 1. The summed E-state index contributed by atoms with van der Waals surface area (Å²) in [5, 5.41) is 8.21. The van der Waals surface area contributed by atoms with E-state index in [9.17, 15) is 19.2 Å². The number of hydrogen-bond acceptors (Lipinski definition) is 10. The molecule has 6 N–H and O–H groups in total. The highest BCUT2D eigenvalue weighted by Crippen LogP contribution is 2.28. The van der Waals surface area contributed by atoms with Gasteiger partial charge in [0.2, 0.25) is 11.8 Å². The molecular formula is C37H56N6O7S. The molecule has 0 saturated heterocycles. The molecule has 2 aromatic rings. The maximum atomic E-state index is 13.5. The molecule has 1 aromatic carbocycles. The number of benzene rings is 1. The van der Waals surface area contributed by atoms with Crippen LogP contribution in [0.3, 0.4) is 0 Å². The third kappa shape index (κ3) is 17.6. The lowest BCUT2D eigenvalue weighted by atomic mass is 9.95. The Bertz CT molecular complexity index is 1390. The molecule has 0 aliphatic heterocycles. The summed E-state index contributed by atoms with van der Waals surface area (Å²) < 4.78 is 16.5. The number of amides is 4. The van der Waals surface area contributed by atoms with E-state index in [0.29, 0.717) is 56.7 Å². The first-order valence-corrected chi connectivity index (χ1v) is 18.5. The standard InChI is InChI=1S/C37H56N6O7S/c1-7-9-10-11-33(44)39-16-18-48-19-20-50-37(47)43-42-34(45)27(6)21-29(22-28-14-12-26(5)13-15-28)40-35(46)31-24-51-36(41-31)32(49-17-8-2)23-30(38)25(3)4/h1,12-15,24-25,27,29-30,32H,8-11,16-23,38H2,2-6H3,(H,39,44)(H,40,46)(H,42,45)(H,43,47)/t27-,29?,30?,32?/m0/s1. The van der Waals surface area contributed by atoms with Crippen LogP contribution in [0.4, 0.5) is 4.79 Å². The maximum absolute atomic E-state index is 13.5. The van der Waals surface area contributed by atoms with Crippen molar-refractivity contribution in [2.45, 2.75) is 97.8 Å². The number of carbonyl (C=O) groups is 4. The van der Waals surface area contributed by atoms with Gasteiger partial charge in [-0.2, -0.15) is 0 Å². The summed E-state index contributed by atoms with van der Waals surface area (Å²) in [4.78, 5) is 54.8. The number of unbranched alkanes of at least 4 members (excludes halogenated alkanes) is 1. The minimum absolute atomic E-state index is 0.0492. The first kappa shape index (κ1) is 43.1. The van der Waals surface area contributed by atoms with E-state index >= 15 is 0 Å². The van der Waals surface area contributed by atoms with Crippen molar-refractivity contribution in [3.63, 3.8) is 0 Å². The summed E-state index contributed by atoms with van der Waals surface area (Å²) in [6, 6.07) is 7.50. The molecular weight excluding hydrogens is 673 g/mol. The van der Waals surface area contributed by atoms with Crippen molar-refractivity contribution in [1.29, 1.82) is 0 Å². The first-order chi connectivity index (χ1) is 24.4. The molecule has 13 nitrogen and oxygen atoms in total. The molecule has 2 rings (SSSR count). The van der Waals surface area contributed by atoms with Crippen LogP contribution >= 0.6 is 11.3 Å². The van der Waals surface area contributed by atoms with E-state index in [1.165, 1.54) is 11.3 Å². The van der Waals surface area contributed by atoms with Gasteiger partial charge in [-0.25, -0.2) is 15.2 Å². The molecule has 0 saturated carbocycles. The average Bonchev–Trinajstić information content (AvgIpc) is 3.60. The number of terminal acetylenes is 1. The fourth-order valence-corrected chi connectivity index (χ4v) is 5.68. The van der Waals surface area contributed by atoms with Gasteiger partial charge < -0.3 is 30.6 Å². The number of aryl methyl sites for hydroxylation is 1. The van der Waals surface area contributed by atoms with Crippen molar-refractivity contribution in [1.82, 2.24) is 26.5 Å². The van der Waals surface area contributed by atoms with Crippen molar-refractivity contribution in [2.75, 3.05) is 33.0 Å². The van der Waals surface area contributed by atoms with E-state index in [1.807, 2.05) is 38.1 Å². The monoisotopic (exact) mass is 728 g/mol. The van der Waals surface area contributed by atoms with Crippen molar-refractivity contribution in [2.24, 2.45) is 17.6 Å². The van der Waals surface area contributed by atoms with Gasteiger partial charge in [0.1, 0.15) is 23.4 Å². The van der Waals surface area contributed by atoms with Crippen molar-refractivity contribution < 1.29 is 33.4 Å². The molecule has 1 heterocycles. The van der Waals surface area contributed by atoms with Crippen LogP contribution in [0.5, 0.6) is 0 Å². The van der Waals surface area contributed by atoms with Crippen LogP contribution in [0, 0.1) is 31.1 Å². The smallest absolute Gasteiger partial charge is 0.426 e. The zero-order chi connectivity index (χ0) is 37.6. The second-order valence-corrected chi connectivity index (χ2v) is 13.7. The number of ether oxygens (including phenoxy) is 3. The Balaban J connectivity index is 1.90. The molecule has 1 aromatic heterocycles. The number of nitrogens with two attached hydrogens (primary N) is 1. The Morgan fingerprint density at radius 2 is 1.76 bits per heavy atom. The van der Waals surface area contributed by atoms with Gasteiger partial charge in [-0.3, -0.25) is 19.8 Å². The van der Waals surface area contributed by atoms with Crippen LogP contribution < -0.4 is 27.2 Å². The van der Waals surface area contributed by atoms with E-state index in [2.05, 4.69) is 46.2 Å². The average molecular weight is 729 g/mol. The van der Waals surface area contributed by atoms with Crippen molar-refractivity contribution in [3.8, 4) is 12.3 Å². The number of nitrogens with one attached hydrogen (secondary N) is 4. The van der Waals surface area contributed by atoms with E-state index in [-0.39, 0.29) is 55.4 Å². The van der Waals surface area contributed by atoms with Crippen LogP contribution in [0.25, 0.3) is 0 Å². The second kappa shape index (κ2) is 24.2. The normalized spacial score (nSPS) is 13.4. The van der Waals surface area contributed by atoms with Crippen LogP contribution in [-0.2, 0) is 30.2 Å². The van der Waals surface area contributed by atoms with E-state index in [4.69, 9.17) is 26.4 Å². The molecule has 51 heavy (non-hydrogen) atoms. The van der Waals surface area contributed by atoms with Crippen molar-refractivity contribution in [3.05, 3.63) is 51.5 Å². The molecule has 0 aliphatic carbocycles. The van der Waals surface area contributed by atoms with Gasteiger partial charge in [0.05, 0.1) is 13.2 Å². The zero-order valence-electron chi connectivity index (χ0n) is 30.6. The molecule has 0 spiro atoms.